The zero-order valence-corrected chi connectivity index (χ0v) is 14.1. The van der Waals surface area contributed by atoms with E-state index in [0.29, 0.717) is 12.3 Å². The number of aliphatic hydroxyl groups excluding tert-OH is 1. The highest BCUT2D eigenvalue weighted by molar-refractivity contribution is 5.76. The van der Waals surface area contributed by atoms with Crippen LogP contribution in [0.15, 0.2) is 0 Å². The molecule has 132 valence electrons. The standard InChI is InChI=1S/C17H30N2O4/c1-12(21)19-15-8-7-14(23-16(15)11-20)9-17(22)18-10-13-5-3-2-4-6-13/h13-16,20H,2-11H2,1H3,(H,18,22)(H,19,21)/t14-,15+,16-/m1/s1. The first kappa shape index (κ1) is 18.2. The van der Waals surface area contributed by atoms with E-state index < -0.39 is 6.10 Å². The molecule has 1 saturated carbocycles. The Kier molecular flexibility index (Phi) is 7.30. The SMILES string of the molecule is CC(=O)N[C@H]1CC[C@H](CC(=O)NCC2CCCCC2)O[C@@H]1CO. The molecule has 6 nitrogen and oxygen atoms in total. The summed E-state index contributed by atoms with van der Waals surface area (Å²) in [6.45, 7) is 2.08. The number of aliphatic hydroxyl groups is 1. The van der Waals surface area contributed by atoms with Crippen molar-refractivity contribution in [2.45, 2.75) is 76.5 Å². The second-order valence-corrected chi connectivity index (χ2v) is 6.88. The lowest BCUT2D eigenvalue weighted by atomic mass is 9.89. The van der Waals surface area contributed by atoms with Crippen LogP contribution in [0.25, 0.3) is 0 Å². The molecule has 2 rings (SSSR count). The number of hydrogen-bond donors (Lipinski definition) is 3. The van der Waals surface area contributed by atoms with Crippen molar-refractivity contribution >= 4 is 11.8 Å². The molecule has 3 atom stereocenters. The molecule has 0 unspecified atom stereocenters. The first-order valence-corrected chi connectivity index (χ1v) is 8.88. The van der Waals surface area contributed by atoms with Gasteiger partial charge in [0.15, 0.2) is 0 Å². The summed E-state index contributed by atoms with van der Waals surface area (Å²) in [6.07, 6.45) is 7.46. The molecule has 3 N–H and O–H groups in total. The first-order valence-electron chi connectivity index (χ1n) is 8.88. The van der Waals surface area contributed by atoms with Gasteiger partial charge < -0.3 is 20.5 Å². The zero-order valence-electron chi connectivity index (χ0n) is 14.1. The van der Waals surface area contributed by atoms with Gasteiger partial charge >= 0.3 is 0 Å². The van der Waals surface area contributed by atoms with Crippen molar-refractivity contribution < 1.29 is 19.4 Å². The Balaban J connectivity index is 1.70. The molecule has 23 heavy (non-hydrogen) atoms. The van der Waals surface area contributed by atoms with Crippen molar-refractivity contribution in [1.29, 1.82) is 0 Å². The van der Waals surface area contributed by atoms with Crippen LogP contribution in [0.1, 0.15) is 58.3 Å². The average molecular weight is 326 g/mol. The Bertz CT molecular complexity index is 396. The first-order chi connectivity index (χ1) is 11.1. The smallest absolute Gasteiger partial charge is 0.222 e. The Hall–Kier alpha value is -1.14. The monoisotopic (exact) mass is 326 g/mol. The van der Waals surface area contributed by atoms with Gasteiger partial charge in [0.1, 0.15) is 6.10 Å². The van der Waals surface area contributed by atoms with Crippen LogP contribution in [0.5, 0.6) is 0 Å². The van der Waals surface area contributed by atoms with E-state index in [1.54, 1.807) is 0 Å². The summed E-state index contributed by atoms with van der Waals surface area (Å²) in [4.78, 5) is 23.2. The summed E-state index contributed by atoms with van der Waals surface area (Å²) >= 11 is 0. The topological polar surface area (TPSA) is 87.7 Å². The van der Waals surface area contributed by atoms with E-state index in [9.17, 15) is 14.7 Å². The summed E-state index contributed by atoms with van der Waals surface area (Å²) in [7, 11) is 0. The van der Waals surface area contributed by atoms with Gasteiger partial charge in [-0.1, -0.05) is 19.3 Å². The Morgan fingerprint density at radius 1 is 1.13 bits per heavy atom. The maximum Gasteiger partial charge on any atom is 0.222 e. The predicted octanol–water partition coefficient (Wildman–Crippen LogP) is 1.12. The normalized spacial score (nSPS) is 29.0. The molecule has 0 aromatic rings. The predicted molar refractivity (Wildman–Crippen MR) is 86.8 cm³/mol. The molecule has 0 aromatic carbocycles. The van der Waals surface area contributed by atoms with E-state index >= 15 is 0 Å². The van der Waals surface area contributed by atoms with Crippen LogP contribution in [0.4, 0.5) is 0 Å². The summed E-state index contributed by atoms with van der Waals surface area (Å²) in [5, 5.41) is 15.2. The van der Waals surface area contributed by atoms with Crippen molar-refractivity contribution in [2.75, 3.05) is 13.2 Å². The van der Waals surface area contributed by atoms with E-state index in [1.807, 2.05) is 0 Å². The van der Waals surface area contributed by atoms with E-state index in [-0.39, 0.29) is 30.6 Å². The highest BCUT2D eigenvalue weighted by Crippen LogP contribution is 2.24. The van der Waals surface area contributed by atoms with Gasteiger partial charge in [0.2, 0.25) is 11.8 Å². The fourth-order valence-corrected chi connectivity index (χ4v) is 3.64. The lowest BCUT2D eigenvalue weighted by Gasteiger charge is -2.35. The molecule has 2 aliphatic rings. The van der Waals surface area contributed by atoms with Gasteiger partial charge in [-0.25, -0.2) is 0 Å². The lowest BCUT2D eigenvalue weighted by molar-refractivity contribution is -0.135. The van der Waals surface area contributed by atoms with Crippen molar-refractivity contribution in [3.05, 3.63) is 0 Å². The van der Waals surface area contributed by atoms with Crippen LogP contribution in [0.2, 0.25) is 0 Å². The van der Waals surface area contributed by atoms with Gasteiger partial charge in [-0.3, -0.25) is 9.59 Å². The van der Waals surface area contributed by atoms with Crippen molar-refractivity contribution in [2.24, 2.45) is 5.92 Å². The summed E-state index contributed by atoms with van der Waals surface area (Å²) in [5.41, 5.74) is 0. The number of amides is 2. The Morgan fingerprint density at radius 2 is 1.87 bits per heavy atom. The molecule has 1 heterocycles. The van der Waals surface area contributed by atoms with Crippen LogP contribution in [0, 0.1) is 5.92 Å². The number of hydrogen-bond acceptors (Lipinski definition) is 4. The summed E-state index contributed by atoms with van der Waals surface area (Å²) in [6, 6.07) is -0.168. The van der Waals surface area contributed by atoms with Crippen molar-refractivity contribution in [3.8, 4) is 0 Å². The zero-order chi connectivity index (χ0) is 16.7. The van der Waals surface area contributed by atoms with Gasteiger partial charge in [0, 0.05) is 13.5 Å². The quantitative estimate of drug-likeness (QED) is 0.682. The molecule has 6 heteroatoms. The van der Waals surface area contributed by atoms with E-state index in [2.05, 4.69) is 10.6 Å². The minimum Gasteiger partial charge on any atom is -0.394 e. The molecule has 1 aliphatic heterocycles. The number of carbonyl (C=O) groups is 2. The van der Waals surface area contributed by atoms with Crippen LogP contribution in [-0.4, -0.2) is 48.3 Å². The third kappa shape index (κ3) is 6.11. The van der Waals surface area contributed by atoms with E-state index in [1.165, 1.54) is 39.0 Å². The van der Waals surface area contributed by atoms with Crippen LogP contribution in [-0.2, 0) is 14.3 Å². The summed E-state index contributed by atoms with van der Waals surface area (Å²) < 4.78 is 5.79. The molecule has 0 radical (unpaired) electrons. The van der Waals surface area contributed by atoms with Crippen molar-refractivity contribution in [1.82, 2.24) is 10.6 Å². The highest BCUT2D eigenvalue weighted by atomic mass is 16.5. The fourth-order valence-electron chi connectivity index (χ4n) is 3.64. The molecule has 0 aromatic heterocycles. The molecule has 1 aliphatic carbocycles. The fraction of sp³-hybridized carbons (Fsp3) is 0.882. The third-order valence-electron chi connectivity index (χ3n) is 4.91. The van der Waals surface area contributed by atoms with Crippen molar-refractivity contribution in [3.63, 3.8) is 0 Å². The number of carbonyl (C=O) groups excluding carboxylic acids is 2. The van der Waals surface area contributed by atoms with Gasteiger partial charge in [0.05, 0.1) is 25.2 Å². The summed E-state index contributed by atoms with van der Waals surface area (Å²) in [5.74, 6) is 0.519. The van der Waals surface area contributed by atoms with Gasteiger partial charge in [-0.05, 0) is 31.6 Å². The third-order valence-corrected chi connectivity index (χ3v) is 4.91. The molecule has 0 spiro atoms. The molecule has 2 fully saturated rings. The van der Waals surface area contributed by atoms with Crippen LogP contribution < -0.4 is 10.6 Å². The number of nitrogens with one attached hydrogen (secondary N) is 2. The maximum absolute atomic E-state index is 12.1. The average Bonchev–Trinajstić information content (AvgIpc) is 2.55. The molecule has 1 saturated heterocycles. The van der Waals surface area contributed by atoms with E-state index in [0.717, 1.165) is 19.4 Å². The Morgan fingerprint density at radius 3 is 2.52 bits per heavy atom. The number of rotatable bonds is 6. The van der Waals surface area contributed by atoms with E-state index in [4.69, 9.17) is 4.74 Å². The lowest BCUT2D eigenvalue weighted by Crippen LogP contribution is -2.51. The van der Waals surface area contributed by atoms with Crippen LogP contribution in [0.3, 0.4) is 0 Å². The maximum atomic E-state index is 12.1. The van der Waals surface area contributed by atoms with Crippen LogP contribution >= 0.6 is 0 Å². The molecule has 0 bridgehead atoms. The minimum absolute atomic E-state index is 0.0234. The second kappa shape index (κ2) is 9.23. The second-order valence-electron chi connectivity index (χ2n) is 6.88. The minimum atomic E-state index is -0.427. The largest absolute Gasteiger partial charge is 0.394 e. The molecular weight excluding hydrogens is 296 g/mol. The highest BCUT2D eigenvalue weighted by Gasteiger charge is 2.32. The van der Waals surface area contributed by atoms with Gasteiger partial charge in [-0.15, -0.1) is 0 Å². The van der Waals surface area contributed by atoms with Gasteiger partial charge in [-0.2, -0.15) is 0 Å². The number of ether oxygens (including phenoxy) is 1. The molecule has 2 amide bonds. The van der Waals surface area contributed by atoms with Gasteiger partial charge in [0.25, 0.3) is 0 Å². The Labute approximate surface area is 138 Å². The molecular formula is C17H30N2O4.